The molecule has 27 heavy (non-hydrogen) atoms. The first-order valence-electron chi connectivity index (χ1n) is 9.50. The number of hydrogen-bond acceptors (Lipinski definition) is 4. The SMILES string of the molecule is C1CC[N-]CC1.C1CC[N-]CC1.CC(=O)CC(C)=O.CC(=O)CC(C)=O.[Ni+2]. The van der Waals surface area contributed by atoms with Crippen molar-refractivity contribution in [2.45, 2.75) is 79.1 Å². The summed E-state index contributed by atoms with van der Waals surface area (Å²) in [6, 6.07) is 0. The van der Waals surface area contributed by atoms with E-state index in [2.05, 4.69) is 10.6 Å². The molecule has 2 aliphatic rings. The van der Waals surface area contributed by atoms with Gasteiger partial charge >= 0.3 is 16.5 Å². The van der Waals surface area contributed by atoms with Gasteiger partial charge in [0.1, 0.15) is 23.1 Å². The van der Waals surface area contributed by atoms with Crippen molar-refractivity contribution in [2.75, 3.05) is 26.2 Å². The number of hydrogen-bond donors (Lipinski definition) is 0. The predicted molar refractivity (Wildman–Crippen MR) is 106 cm³/mol. The molecule has 0 atom stereocenters. The zero-order chi connectivity index (χ0) is 20.2. The second-order valence-electron chi connectivity index (χ2n) is 6.62. The number of carbonyl (C=O) groups is 4. The van der Waals surface area contributed by atoms with Crippen LogP contribution in [0.25, 0.3) is 10.6 Å². The number of carbonyl (C=O) groups excluding carboxylic acids is 4. The van der Waals surface area contributed by atoms with Crippen molar-refractivity contribution in [1.82, 2.24) is 0 Å². The van der Waals surface area contributed by atoms with E-state index in [1.54, 1.807) is 0 Å². The summed E-state index contributed by atoms with van der Waals surface area (Å²) in [5.74, 6) is -0.250. The fraction of sp³-hybridized carbons (Fsp3) is 0.800. The van der Waals surface area contributed by atoms with Gasteiger partial charge in [0.15, 0.2) is 0 Å². The van der Waals surface area contributed by atoms with Crippen LogP contribution in [0.3, 0.4) is 0 Å². The van der Waals surface area contributed by atoms with Crippen LogP contribution in [-0.4, -0.2) is 49.3 Å². The van der Waals surface area contributed by atoms with Crippen molar-refractivity contribution in [2.24, 2.45) is 0 Å². The van der Waals surface area contributed by atoms with Crippen molar-refractivity contribution >= 4 is 23.1 Å². The zero-order valence-corrected chi connectivity index (χ0v) is 18.3. The summed E-state index contributed by atoms with van der Waals surface area (Å²) in [6.45, 7) is 10.1. The van der Waals surface area contributed by atoms with Gasteiger partial charge in [-0.1, -0.05) is 38.5 Å². The van der Waals surface area contributed by atoms with Crippen LogP contribution < -0.4 is 0 Å². The second-order valence-corrected chi connectivity index (χ2v) is 6.62. The number of piperidine rings is 2. The molecule has 0 bridgehead atoms. The van der Waals surface area contributed by atoms with Gasteiger partial charge in [-0.3, -0.25) is 19.2 Å². The molecule has 0 N–H and O–H groups in total. The molecule has 7 heteroatoms. The third-order valence-corrected chi connectivity index (χ3v) is 3.26. The number of rotatable bonds is 4. The Bertz CT molecular complexity index is 322. The van der Waals surface area contributed by atoms with E-state index in [1.807, 2.05) is 0 Å². The molecular formula is C20H36N2NiO4. The van der Waals surface area contributed by atoms with Crippen LogP contribution >= 0.6 is 0 Å². The average molecular weight is 427 g/mol. The van der Waals surface area contributed by atoms with Gasteiger partial charge in [-0.05, 0) is 27.7 Å². The monoisotopic (exact) mass is 426 g/mol. The summed E-state index contributed by atoms with van der Waals surface area (Å²) in [7, 11) is 0. The molecule has 0 aromatic heterocycles. The molecule has 2 fully saturated rings. The molecule has 0 unspecified atom stereocenters. The summed E-state index contributed by atoms with van der Waals surface area (Å²) in [5.41, 5.74) is 0. The molecule has 6 nitrogen and oxygen atoms in total. The maximum atomic E-state index is 10.0. The normalized spacial score (nSPS) is 15.0. The van der Waals surface area contributed by atoms with Crippen LogP contribution in [-0.2, 0) is 35.7 Å². The van der Waals surface area contributed by atoms with E-state index in [0.29, 0.717) is 0 Å². The predicted octanol–water partition coefficient (Wildman–Crippen LogP) is 4.19. The Balaban J connectivity index is -0.000000281. The second kappa shape index (κ2) is 23.1. The van der Waals surface area contributed by atoms with Gasteiger partial charge in [0.2, 0.25) is 0 Å². The van der Waals surface area contributed by atoms with Gasteiger partial charge in [0.25, 0.3) is 0 Å². The topological polar surface area (TPSA) is 96.5 Å². The average Bonchev–Trinajstić information content (AvgIpc) is 2.57. The van der Waals surface area contributed by atoms with Crippen LogP contribution in [0, 0.1) is 0 Å². The summed E-state index contributed by atoms with van der Waals surface area (Å²) in [4.78, 5) is 40.1. The van der Waals surface area contributed by atoms with E-state index in [4.69, 9.17) is 0 Å². The first kappa shape index (κ1) is 30.8. The molecule has 160 valence electrons. The van der Waals surface area contributed by atoms with Crippen LogP contribution in [0.5, 0.6) is 0 Å². The molecule has 0 aromatic carbocycles. The Morgan fingerprint density at radius 3 is 0.778 bits per heavy atom. The largest absolute Gasteiger partial charge is 2.00 e. The van der Waals surface area contributed by atoms with E-state index in [0.717, 1.165) is 26.2 Å². The molecule has 2 heterocycles. The third-order valence-electron chi connectivity index (χ3n) is 3.26. The first-order chi connectivity index (χ1) is 12.3. The van der Waals surface area contributed by atoms with Crippen molar-refractivity contribution in [3.63, 3.8) is 0 Å². The summed E-state index contributed by atoms with van der Waals surface area (Å²) < 4.78 is 0. The minimum Gasteiger partial charge on any atom is -0.662 e. The minimum absolute atomic E-state index is 0. The maximum absolute atomic E-state index is 10.0. The molecule has 0 aliphatic carbocycles. The quantitative estimate of drug-likeness (QED) is 0.496. The van der Waals surface area contributed by atoms with Crippen LogP contribution in [0.15, 0.2) is 0 Å². The van der Waals surface area contributed by atoms with Crippen LogP contribution in [0.2, 0.25) is 0 Å². The molecule has 0 aromatic rings. The van der Waals surface area contributed by atoms with Crippen LogP contribution in [0.4, 0.5) is 0 Å². The first-order valence-corrected chi connectivity index (χ1v) is 9.50. The molecular weight excluding hydrogens is 391 g/mol. The van der Waals surface area contributed by atoms with Gasteiger partial charge < -0.3 is 10.6 Å². The van der Waals surface area contributed by atoms with Gasteiger partial charge in [0, 0.05) is 0 Å². The molecule has 0 radical (unpaired) electrons. The van der Waals surface area contributed by atoms with Gasteiger partial charge in [-0.25, -0.2) is 0 Å². The molecule has 2 rings (SSSR count). The van der Waals surface area contributed by atoms with Crippen molar-refractivity contribution in [1.29, 1.82) is 0 Å². The molecule has 2 saturated heterocycles. The Hall–Kier alpha value is -0.906. The number of ketones is 4. The Morgan fingerprint density at radius 1 is 0.519 bits per heavy atom. The molecule has 2 aliphatic heterocycles. The van der Waals surface area contributed by atoms with E-state index >= 15 is 0 Å². The Labute approximate surface area is 174 Å². The van der Waals surface area contributed by atoms with Crippen molar-refractivity contribution in [3.8, 4) is 0 Å². The molecule has 0 amide bonds. The zero-order valence-electron chi connectivity index (χ0n) is 17.3. The Morgan fingerprint density at radius 2 is 0.741 bits per heavy atom. The standard InChI is InChI=1S/2C5H10N.2C5H8O2.Ni/c2*1-2-4-6-5-3-1;2*1-4(6)3-5(2)7;/h2*1-5H2;2*3H2,1-2H3;/q2*-1;;;+2. The summed E-state index contributed by atoms with van der Waals surface area (Å²) in [6.07, 6.45) is 8.31. The summed E-state index contributed by atoms with van der Waals surface area (Å²) in [5, 5.41) is 8.35. The maximum Gasteiger partial charge on any atom is 2.00 e. The minimum atomic E-state index is -0.0625. The van der Waals surface area contributed by atoms with Gasteiger partial charge in [-0.15, -0.1) is 26.2 Å². The summed E-state index contributed by atoms with van der Waals surface area (Å²) >= 11 is 0. The van der Waals surface area contributed by atoms with Gasteiger partial charge in [0.05, 0.1) is 12.8 Å². The third kappa shape index (κ3) is 36.7. The van der Waals surface area contributed by atoms with E-state index in [-0.39, 0.29) is 52.5 Å². The van der Waals surface area contributed by atoms with Crippen LogP contribution in [0.1, 0.15) is 79.1 Å². The van der Waals surface area contributed by atoms with Gasteiger partial charge in [-0.2, -0.15) is 0 Å². The smallest absolute Gasteiger partial charge is 0.662 e. The number of nitrogens with zero attached hydrogens (tertiary/aromatic N) is 2. The van der Waals surface area contributed by atoms with E-state index < -0.39 is 0 Å². The fourth-order valence-electron chi connectivity index (χ4n) is 2.17. The molecule has 0 spiro atoms. The van der Waals surface area contributed by atoms with Crippen molar-refractivity contribution in [3.05, 3.63) is 10.6 Å². The Kier molecular flexibility index (Phi) is 26.4. The number of Topliss-reactive ketones (excluding diaryl/α,β-unsaturated/α-hetero) is 4. The van der Waals surface area contributed by atoms with E-state index in [1.165, 1.54) is 66.2 Å². The fourth-order valence-corrected chi connectivity index (χ4v) is 2.17. The molecule has 0 saturated carbocycles. The van der Waals surface area contributed by atoms with Crippen molar-refractivity contribution < 1.29 is 35.7 Å². The van der Waals surface area contributed by atoms with E-state index in [9.17, 15) is 19.2 Å².